The van der Waals surface area contributed by atoms with Crippen LogP contribution in [0.25, 0.3) is 0 Å². The highest BCUT2D eigenvalue weighted by Crippen LogP contribution is 2.25. The number of rotatable bonds is 5. The minimum atomic E-state index is -3.66. The summed E-state index contributed by atoms with van der Waals surface area (Å²) in [5, 5.41) is 3.39. The summed E-state index contributed by atoms with van der Waals surface area (Å²) in [6, 6.07) is 11.1. The second-order valence-electron chi connectivity index (χ2n) is 7.17. The first-order chi connectivity index (χ1) is 13.2. The lowest BCUT2D eigenvalue weighted by Crippen LogP contribution is -2.32. The van der Waals surface area contributed by atoms with E-state index in [-0.39, 0.29) is 22.6 Å². The second kappa shape index (κ2) is 7.93. The highest BCUT2D eigenvalue weighted by molar-refractivity contribution is 7.90. The maximum atomic E-state index is 12.9. The quantitative estimate of drug-likeness (QED) is 0.773. The van der Waals surface area contributed by atoms with Crippen LogP contribution in [0.15, 0.2) is 52.4 Å². The normalized spacial score (nSPS) is 17.2. The molecule has 0 radical (unpaired) electrons. The SMILES string of the molecule is Cc1ccc(Cl)cc1NC(=O)C(CC(C)C)N=C1NS(=O)(=O)c2ccccc21. The molecule has 0 bridgehead atoms. The van der Waals surface area contributed by atoms with Crippen molar-refractivity contribution in [2.24, 2.45) is 10.9 Å². The number of amides is 1. The maximum absolute atomic E-state index is 12.9. The van der Waals surface area contributed by atoms with Crippen molar-refractivity contribution in [3.63, 3.8) is 0 Å². The molecular weight excluding hydrogens is 398 g/mol. The third-order valence-electron chi connectivity index (χ3n) is 4.40. The number of carbonyl (C=O) groups excluding carboxylic acids is 1. The number of benzene rings is 2. The zero-order valence-electron chi connectivity index (χ0n) is 15.9. The Kier molecular flexibility index (Phi) is 5.76. The topological polar surface area (TPSA) is 87.6 Å². The van der Waals surface area contributed by atoms with Crippen LogP contribution < -0.4 is 10.0 Å². The Hall–Kier alpha value is -2.38. The molecule has 0 saturated heterocycles. The molecule has 0 spiro atoms. The van der Waals surface area contributed by atoms with Crippen LogP contribution in [-0.2, 0) is 14.8 Å². The van der Waals surface area contributed by atoms with Crippen molar-refractivity contribution in [1.29, 1.82) is 0 Å². The highest BCUT2D eigenvalue weighted by atomic mass is 35.5. The van der Waals surface area contributed by atoms with Crippen molar-refractivity contribution in [1.82, 2.24) is 4.72 Å². The van der Waals surface area contributed by atoms with Gasteiger partial charge in [-0.25, -0.2) is 8.42 Å². The van der Waals surface area contributed by atoms with Crippen LogP contribution >= 0.6 is 11.6 Å². The first-order valence-corrected chi connectivity index (χ1v) is 10.8. The first-order valence-electron chi connectivity index (χ1n) is 8.94. The van der Waals surface area contributed by atoms with Crippen molar-refractivity contribution in [3.05, 3.63) is 58.6 Å². The number of anilines is 1. The molecule has 148 valence electrons. The van der Waals surface area contributed by atoms with Gasteiger partial charge in [0.2, 0.25) is 5.91 Å². The summed E-state index contributed by atoms with van der Waals surface area (Å²) in [6.45, 7) is 5.84. The number of hydrogen-bond acceptors (Lipinski definition) is 4. The summed E-state index contributed by atoms with van der Waals surface area (Å²) in [6.07, 6.45) is 0.471. The Balaban J connectivity index is 1.94. The summed E-state index contributed by atoms with van der Waals surface area (Å²) in [5.74, 6) is 0.0724. The third kappa shape index (κ3) is 4.36. The molecule has 1 unspecified atom stereocenters. The average Bonchev–Trinajstić information content (AvgIpc) is 2.88. The summed E-state index contributed by atoms with van der Waals surface area (Å²) >= 11 is 6.03. The lowest BCUT2D eigenvalue weighted by molar-refractivity contribution is -0.117. The summed E-state index contributed by atoms with van der Waals surface area (Å²) < 4.78 is 27.1. The molecular formula is C20H22ClN3O3S. The number of nitrogens with one attached hydrogen (secondary N) is 2. The smallest absolute Gasteiger partial charge is 0.263 e. The largest absolute Gasteiger partial charge is 0.324 e. The minimum Gasteiger partial charge on any atom is -0.324 e. The molecule has 2 aromatic rings. The number of fused-ring (bicyclic) bond motifs is 1. The van der Waals surface area contributed by atoms with Crippen LogP contribution in [0.1, 0.15) is 31.4 Å². The fourth-order valence-corrected chi connectivity index (χ4v) is 4.41. The number of sulfonamides is 1. The minimum absolute atomic E-state index is 0.170. The molecule has 0 fully saturated rings. The monoisotopic (exact) mass is 419 g/mol. The lowest BCUT2D eigenvalue weighted by atomic mass is 10.0. The van der Waals surface area contributed by atoms with E-state index < -0.39 is 16.1 Å². The number of nitrogens with zero attached hydrogens (tertiary/aromatic N) is 1. The Morgan fingerprint density at radius 1 is 1.21 bits per heavy atom. The van der Waals surface area contributed by atoms with Crippen LogP contribution in [-0.4, -0.2) is 26.2 Å². The van der Waals surface area contributed by atoms with E-state index in [4.69, 9.17) is 11.6 Å². The molecule has 0 saturated carbocycles. The Labute approximate surface area is 170 Å². The first kappa shape index (κ1) is 20.4. The number of aryl methyl sites for hydroxylation is 1. The molecule has 2 N–H and O–H groups in total. The van der Waals surface area contributed by atoms with E-state index in [9.17, 15) is 13.2 Å². The van der Waals surface area contributed by atoms with Crippen LogP contribution in [0, 0.1) is 12.8 Å². The van der Waals surface area contributed by atoms with Crippen molar-refractivity contribution < 1.29 is 13.2 Å². The highest BCUT2D eigenvalue weighted by Gasteiger charge is 2.32. The third-order valence-corrected chi connectivity index (χ3v) is 6.03. The molecule has 1 amide bonds. The van der Waals surface area contributed by atoms with Gasteiger partial charge in [0, 0.05) is 16.3 Å². The lowest BCUT2D eigenvalue weighted by Gasteiger charge is -2.17. The predicted octanol–water partition coefficient (Wildman–Crippen LogP) is 3.74. The molecule has 8 heteroatoms. The van der Waals surface area contributed by atoms with Gasteiger partial charge in [0.25, 0.3) is 10.0 Å². The van der Waals surface area contributed by atoms with E-state index in [0.717, 1.165) is 5.56 Å². The van der Waals surface area contributed by atoms with Gasteiger partial charge < -0.3 is 5.32 Å². The van der Waals surface area contributed by atoms with Crippen molar-refractivity contribution >= 4 is 39.1 Å². The molecule has 1 heterocycles. The fourth-order valence-electron chi connectivity index (χ4n) is 3.00. The molecule has 0 aliphatic carbocycles. The number of hydrogen-bond donors (Lipinski definition) is 2. The molecule has 6 nitrogen and oxygen atoms in total. The Morgan fingerprint density at radius 2 is 1.93 bits per heavy atom. The van der Waals surface area contributed by atoms with Gasteiger partial charge in [-0.2, -0.15) is 0 Å². The zero-order valence-corrected chi connectivity index (χ0v) is 17.4. The summed E-state index contributed by atoms with van der Waals surface area (Å²) in [5.41, 5.74) is 1.96. The van der Waals surface area contributed by atoms with E-state index in [2.05, 4.69) is 15.0 Å². The van der Waals surface area contributed by atoms with Crippen molar-refractivity contribution in [2.45, 2.75) is 38.1 Å². The van der Waals surface area contributed by atoms with E-state index in [1.165, 1.54) is 6.07 Å². The fraction of sp³-hybridized carbons (Fsp3) is 0.300. The molecule has 3 rings (SSSR count). The van der Waals surface area contributed by atoms with Crippen molar-refractivity contribution in [2.75, 3.05) is 5.32 Å². The summed E-state index contributed by atoms with van der Waals surface area (Å²) in [4.78, 5) is 17.6. The number of carbonyl (C=O) groups is 1. The Bertz CT molecular complexity index is 1050. The van der Waals surface area contributed by atoms with Crippen LogP contribution in [0.2, 0.25) is 5.02 Å². The van der Waals surface area contributed by atoms with E-state index >= 15 is 0 Å². The zero-order chi connectivity index (χ0) is 20.5. The average molecular weight is 420 g/mol. The van der Waals surface area contributed by atoms with Crippen LogP contribution in [0.5, 0.6) is 0 Å². The van der Waals surface area contributed by atoms with Gasteiger partial charge >= 0.3 is 0 Å². The van der Waals surface area contributed by atoms with E-state index in [1.807, 2.05) is 26.8 Å². The standard InChI is InChI=1S/C20H22ClN3O3S/c1-12(2)10-17(20(25)23-16-11-14(21)9-8-13(16)3)22-19-15-6-4-5-7-18(15)28(26,27)24-19/h4-9,11-12,17H,10H2,1-3H3,(H,22,24)(H,23,25). The summed E-state index contributed by atoms with van der Waals surface area (Å²) in [7, 11) is -3.66. The van der Waals surface area contributed by atoms with Gasteiger partial charge in [-0.1, -0.05) is 43.6 Å². The van der Waals surface area contributed by atoms with Gasteiger partial charge in [-0.05, 0) is 49.1 Å². The van der Waals surface area contributed by atoms with E-state index in [0.29, 0.717) is 22.7 Å². The molecule has 1 atom stereocenters. The van der Waals surface area contributed by atoms with Crippen LogP contribution in [0.4, 0.5) is 5.69 Å². The van der Waals surface area contributed by atoms with Gasteiger partial charge in [-0.3, -0.25) is 14.5 Å². The van der Waals surface area contributed by atoms with Crippen LogP contribution in [0.3, 0.4) is 0 Å². The predicted molar refractivity (Wildman–Crippen MR) is 111 cm³/mol. The van der Waals surface area contributed by atoms with Gasteiger partial charge in [0.15, 0.2) is 0 Å². The van der Waals surface area contributed by atoms with E-state index in [1.54, 1.807) is 30.3 Å². The molecule has 1 aliphatic heterocycles. The molecule has 2 aromatic carbocycles. The number of aliphatic imine (C=N–C) groups is 1. The van der Waals surface area contributed by atoms with Gasteiger partial charge in [-0.15, -0.1) is 0 Å². The van der Waals surface area contributed by atoms with Crippen molar-refractivity contribution in [3.8, 4) is 0 Å². The molecule has 28 heavy (non-hydrogen) atoms. The second-order valence-corrected chi connectivity index (χ2v) is 9.26. The van der Waals surface area contributed by atoms with Gasteiger partial charge in [0.1, 0.15) is 11.9 Å². The molecule has 1 aliphatic rings. The Morgan fingerprint density at radius 3 is 2.64 bits per heavy atom. The maximum Gasteiger partial charge on any atom is 0.263 e. The van der Waals surface area contributed by atoms with Gasteiger partial charge in [0.05, 0.1) is 4.90 Å². The number of halogens is 1. The molecule has 0 aromatic heterocycles. The number of amidine groups is 1.